The molecule has 2 N–H and O–H groups in total. The molecule has 0 saturated carbocycles. The van der Waals surface area contributed by atoms with Crippen molar-refractivity contribution in [1.82, 2.24) is 14.5 Å². The lowest BCUT2D eigenvalue weighted by Gasteiger charge is -2.14. The SMILES string of the molecule is CC(C)c1ccccc1Nc1ccc(NS(=O)(=O)N(C)C)nn1. The first-order valence-corrected chi connectivity index (χ1v) is 8.63. The summed E-state index contributed by atoms with van der Waals surface area (Å²) in [5.41, 5.74) is 2.13. The van der Waals surface area contributed by atoms with E-state index in [-0.39, 0.29) is 5.82 Å². The van der Waals surface area contributed by atoms with Gasteiger partial charge in [0.15, 0.2) is 11.6 Å². The number of nitrogens with zero attached hydrogens (tertiary/aromatic N) is 3. The first-order chi connectivity index (χ1) is 10.8. The molecule has 0 aliphatic heterocycles. The van der Waals surface area contributed by atoms with Gasteiger partial charge in [-0.25, -0.2) is 0 Å². The highest BCUT2D eigenvalue weighted by Gasteiger charge is 2.14. The third-order valence-electron chi connectivity index (χ3n) is 3.22. The Morgan fingerprint density at radius 2 is 1.61 bits per heavy atom. The smallest absolute Gasteiger partial charge is 0.302 e. The van der Waals surface area contributed by atoms with Gasteiger partial charge in [0.05, 0.1) is 0 Å². The molecule has 0 fully saturated rings. The Morgan fingerprint density at radius 3 is 2.17 bits per heavy atom. The van der Waals surface area contributed by atoms with Gasteiger partial charge in [0.2, 0.25) is 0 Å². The zero-order valence-corrected chi connectivity index (χ0v) is 14.4. The lowest BCUT2D eigenvalue weighted by molar-refractivity contribution is 0.526. The van der Waals surface area contributed by atoms with Crippen molar-refractivity contribution < 1.29 is 8.42 Å². The molecule has 0 unspecified atom stereocenters. The van der Waals surface area contributed by atoms with E-state index in [9.17, 15) is 8.42 Å². The number of hydrogen-bond donors (Lipinski definition) is 2. The number of hydrogen-bond acceptors (Lipinski definition) is 5. The molecule has 0 aliphatic carbocycles. The molecule has 0 atom stereocenters. The summed E-state index contributed by atoms with van der Waals surface area (Å²) in [4.78, 5) is 0. The Kier molecular flexibility index (Phi) is 5.17. The second-order valence-corrected chi connectivity index (χ2v) is 7.44. The zero-order chi connectivity index (χ0) is 17.0. The summed E-state index contributed by atoms with van der Waals surface area (Å²) in [7, 11) is -0.702. The van der Waals surface area contributed by atoms with E-state index in [4.69, 9.17) is 0 Å². The number of benzene rings is 1. The van der Waals surface area contributed by atoms with Crippen LogP contribution in [0.5, 0.6) is 0 Å². The molecule has 0 aliphatic rings. The Bertz CT molecular complexity index is 758. The molecule has 0 amide bonds. The van der Waals surface area contributed by atoms with Gasteiger partial charge >= 0.3 is 10.2 Å². The van der Waals surface area contributed by atoms with Crippen LogP contribution in [0.3, 0.4) is 0 Å². The first kappa shape index (κ1) is 17.2. The highest BCUT2D eigenvalue weighted by atomic mass is 32.2. The van der Waals surface area contributed by atoms with E-state index in [0.717, 1.165) is 9.99 Å². The van der Waals surface area contributed by atoms with Gasteiger partial charge in [-0.05, 0) is 29.7 Å². The summed E-state index contributed by atoms with van der Waals surface area (Å²) in [5, 5.41) is 11.1. The number of para-hydroxylation sites is 1. The van der Waals surface area contributed by atoms with E-state index in [2.05, 4.69) is 40.2 Å². The van der Waals surface area contributed by atoms with Gasteiger partial charge in [-0.3, -0.25) is 4.72 Å². The molecule has 1 heterocycles. The average molecular weight is 335 g/mol. The quantitative estimate of drug-likeness (QED) is 0.847. The molecule has 23 heavy (non-hydrogen) atoms. The standard InChI is InChI=1S/C15H21N5O2S/c1-11(2)12-7-5-6-8-13(12)16-14-9-10-15(18-17-14)19-23(21,22)20(3)4/h5-11H,1-4H3,(H,16,17)(H,18,19). The second kappa shape index (κ2) is 6.93. The molecule has 7 nitrogen and oxygen atoms in total. The van der Waals surface area contributed by atoms with Gasteiger partial charge in [0.1, 0.15) is 0 Å². The minimum atomic E-state index is -3.58. The van der Waals surface area contributed by atoms with Crippen LogP contribution in [0.1, 0.15) is 25.3 Å². The third-order valence-corrected chi connectivity index (χ3v) is 4.65. The van der Waals surface area contributed by atoms with Crippen LogP contribution in [0.25, 0.3) is 0 Å². The molecular weight excluding hydrogens is 314 g/mol. The Labute approximate surface area is 136 Å². The predicted octanol–water partition coefficient (Wildman–Crippen LogP) is 2.56. The zero-order valence-electron chi connectivity index (χ0n) is 13.6. The summed E-state index contributed by atoms with van der Waals surface area (Å²) in [6.07, 6.45) is 0. The van der Waals surface area contributed by atoms with Crippen LogP contribution in [0.15, 0.2) is 36.4 Å². The normalized spacial score (nSPS) is 11.7. The maximum absolute atomic E-state index is 11.7. The van der Waals surface area contributed by atoms with E-state index in [1.807, 2.05) is 18.2 Å². The van der Waals surface area contributed by atoms with E-state index in [1.165, 1.54) is 19.7 Å². The Hall–Kier alpha value is -2.19. The van der Waals surface area contributed by atoms with Gasteiger partial charge in [0.25, 0.3) is 0 Å². The predicted molar refractivity (Wildman–Crippen MR) is 92.1 cm³/mol. The fraction of sp³-hybridized carbons (Fsp3) is 0.333. The van der Waals surface area contributed by atoms with E-state index in [0.29, 0.717) is 11.7 Å². The Morgan fingerprint density at radius 1 is 1.00 bits per heavy atom. The largest absolute Gasteiger partial charge is 0.338 e. The summed E-state index contributed by atoms with van der Waals surface area (Å²) in [5.74, 6) is 1.09. The van der Waals surface area contributed by atoms with Crippen molar-refractivity contribution in [2.45, 2.75) is 19.8 Å². The summed E-state index contributed by atoms with van der Waals surface area (Å²) in [6.45, 7) is 4.23. The van der Waals surface area contributed by atoms with Gasteiger partial charge in [0, 0.05) is 19.8 Å². The highest BCUT2D eigenvalue weighted by molar-refractivity contribution is 7.90. The fourth-order valence-electron chi connectivity index (χ4n) is 1.93. The van der Waals surface area contributed by atoms with Crippen LogP contribution >= 0.6 is 0 Å². The molecule has 8 heteroatoms. The lowest BCUT2D eigenvalue weighted by atomic mass is 10.0. The van der Waals surface area contributed by atoms with E-state index >= 15 is 0 Å². The van der Waals surface area contributed by atoms with Crippen molar-refractivity contribution in [3.05, 3.63) is 42.0 Å². The van der Waals surface area contributed by atoms with Crippen LogP contribution in [0.4, 0.5) is 17.3 Å². The summed E-state index contributed by atoms with van der Waals surface area (Å²) < 4.78 is 26.9. The van der Waals surface area contributed by atoms with Crippen molar-refractivity contribution in [2.24, 2.45) is 0 Å². The molecule has 0 saturated heterocycles. The minimum absolute atomic E-state index is 0.168. The molecular formula is C15H21N5O2S. The second-order valence-electron chi connectivity index (χ2n) is 5.56. The Balaban J connectivity index is 2.15. The molecule has 124 valence electrons. The molecule has 2 rings (SSSR count). The molecule has 0 bridgehead atoms. The van der Waals surface area contributed by atoms with Gasteiger partial charge in [-0.2, -0.15) is 12.7 Å². The fourth-order valence-corrected chi connectivity index (χ4v) is 2.48. The van der Waals surface area contributed by atoms with Crippen LogP contribution in [0.2, 0.25) is 0 Å². The minimum Gasteiger partial charge on any atom is -0.338 e. The highest BCUT2D eigenvalue weighted by Crippen LogP contribution is 2.26. The maximum atomic E-state index is 11.7. The number of nitrogens with one attached hydrogen (secondary N) is 2. The summed E-state index contributed by atoms with van der Waals surface area (Å²) in [6, 6.07) is 11.2. The number of rotatable bonds is 6. The molecule has 0 spiro atoms. The average Bonchev–Trinajstić information content (AvgIpc) is 2.49. The molecule has 1 aromatic carbocycles. The van der Waals surface area contributed by atoms with Crippen molar-refractivity contribution in [1.29, 1.82) is 0 Å². The van der Waals surface area contributed by atoms with Crippen molar-refractivity contribution >= 4 is 27.5 Å². The number of anilines is 3. The maximum Gasteiger partial charge on any atom is 0.302 e. The van der Waals surface area contributed by atoms with Crippen LogP contribution in [0, 0.1) is 0 Å². The van der Waals surface area contributed by atoms with E-state index in [1.54, 1.807) is 12.1 Å². The summed E-state index contributed by atoms with van der Waals surface area (Å²) >= 11 is 0. The van der Waals surface area contributed by atoms with Crippen molar-refractivity contribution in [2.75, 3.05) is 24.1 Å². The van der Waals surface area contributed by atoms with Gasteiger partial charge in [-0.15, -0.1) is 10.2 Å². The topological polar surface area (TPSA) is 87.2 Å². The first-order valence-electron chi connectivity index (χ1n) is 7.19. The number of aromatic nitrogens is 2. The molecule has 1 aromatic heterocycles. The van der Waals surface area contributed by atoms with Crippen molar-refractivity contribution in [3.63, 3.8) is 0 Å². The molecule has 0 radical (unpaired) electrons. The third kappa shape index (κ3) is 4.40. The molecule has 2 aromatic rings. The van der Waals surface area contributed by atoms with Crippen molar-refractivity contribution in [3.8, 4) is 0 Å². The monoisotopic (exact) mass is 335 g/mol. The van der Waals surface area contributed by atoms with Crippen LogP contribution in [-0.2, 0) is 10.2 Å². The van der Waals surface area contributed by atoms with Crippen LogP contribution in [-0.4, -0.2) is 37.0 Å². The lowest BCUT2D eigenvalue weighted by Crippen LogP contribution is -2.29. The van der Waals surface area contributed by atoms with Gasteiger partial charge in [-0.1, -0.05) is 32.0 Å². The van der Waals surface area contributed by atoms with E-state index < -0.39 is 10.2 Å². The van der Waals surface area contributed by atoms with Crippen LogP contribution < -0.4 is 10.0 Å². The van der Waals surface area contributed by atoms with Gasteiger partial charge < -0.3 is 5.32 Å².